The Morgan fingerprint density at radius 3 is 2.57 bits per heavy atom. The molecule has 7 nitrogen and oxygen atoms in total. The minimum absolute atomic E-state index is 0.0667. The van der Waals surface area contributed by atoms with Gasteiger partial charge in [0.15, 0.2) is 6.17 Å². The van der Waals surface area contributed by atoms with Crippen LogP contribution in [0.3, 0.4) is 0 Å². The maximum Gasteiger partial charge on any atom is 0.302 e. The maximum atomic E-state index is 11.2. The summed E-state index contributed by atoms with van der Waals surface area (Å²) in [6, 6.07) is 7.19. The zero-order chi connectivity index (χ0) is 17.0. The van der Waals surface area contributed by atoms with Crippen molar-refractivity contribution in [3.8, 4) is 0 Å². The largest absolute Gasteiger partial charge is 0.461 e. The summed E-state index contributed by atoms with van der Waals surface area (Å²) in [6.07, 6.45) is 0.964. The van der Waals surface area contributed by atoms with Crippen LogP contribution in [0.4, 0.5) is 5.69 Å². The highest BCUT2D eigenvalue weighted by molar-refractivity contribution is 5.66. The molecule has 0 amide bonds. The number of anilines is 1. The van der Waals surface area contributed by atoms with Crippen LogP contribution >= 0.6 is 0 Å². The molecule has 1 aromatic rings. The Morgan fingerprint density at radius 1 is 1.35 bits per heavy atom. The number of hydrogen-bond acceptors (Lipinski definition) is 6. The molecule has 0 spiro atoms. The molecule has 0 fully saturated rings. The van der Waals surface area contributed by atoms with E-state index in [2.05, 4.69) is 10.6 Å². The van der Waals surface area contributed by atoms with Crippen LogP contribution in [-0.2, 0) is 16.1 Å². The van der Waals surface area contributed by atoms with Gasteiger partial charge in [0.05, 0.1) is 4.92 Å². The highest BCUT2D eigenvalue weighted by Crippen LogP contribution is 2.20. The van der Waals surface area contributed by atoms with E-state index in [1.165, 1.54) is 6.92 Å². The molecular weight excluding hydrogens is 298 g/mol. The second-order valence-corrected chi connectivity index (χ2v) is 5.33. The summed E-state index contributed by atoms with van der Waals surface area (Å²) in [5, 5.41) is 17.4. The number of carbonyl (C=O) groups is 1. The summed E-state index contributed by atoms with van der Waals surface area (Å²) < 4.78 is 4.92. The normalized spacial score (nSPS) is 17.2. The van der Waals surface area contributed by atoms with E-state index in [4.69, 9.17) is 4.74 Å². The van der Waals surface area contributed by atoms with Crippen molar-refractivity contribution >= 4 is 11.7 Å². The first-order valence-corrected chi connectivity index (χ1v) is 7.15. The quantitative estimate of drug-likeness (QED) is 0.492. The first kappa shape index (κ1) is 16.5. The predicted molar refractivity (Wildman–Crippen MR) is 85.9 cm³/mol. The molecule has 1 heterocycles. The van der Waals surface area contributed by atoms with Crippen molar-refractivity contribution in [3.63, 3.8) is 0 Å². The van der Waals surface area contributed by atoms with Crippen molar-refractivity contribution in [2.75, 3.05) is 5.32 Å². The van der Waals surface area contributed by atoms with Gasteiger partial charge in [-0.15, -0.1) is 0 Å². The number of nitrogens with one attached hydrogen (secondary N) is 2. The molecule has 0 saturated carbocycles. The Bertz CT molecular complexity index is 677. The van der Waals surface area contributed by atoms with Gasteiger partial charge in [0, 0.05) is 24.4 Å². The number of nitro groups is 1. The molecule has 23 heavy (non-hydrogen) atoms. The van der Waals surface area contributed by atoms with Crippen molar-refractivity contribution in [3.05, 3.63) is 63.0 Å². The van der Waals surface area contributed by atoms with Crippen LogP contribution in [0.1, 0.15) is 26.3 Å². The molecule has 0 bridgehead atoms. The van der Waals surface area contributed by atoms with E-state index >= 15 is 0 Å². The number of hydrogen-bond donors (Lipinski definition) is 2. The lowest BCUT2D eigenvalue weighted by molar-refractivity contribution is -0.429. The second kappa shape index (κ2) is 6.95. The van der Waals surface area contributed by atoms with E-state index in [9.17, 15) is 14.9 Å². The smallest absolute Gasteiger partial charge is 0.302 e. The number of rotatable bonds is 5. The molecule has 0 radical (unpaired) electrons. The first-order chi connectivity index (χ1) is 10.9. The molecule has 1 unspecified atom stereocenters. The second-order valence-electron chi connectivity index (χ2n) is 5.33. The SMILES string of the molecule is CC(=O)OCc1ccc(NC2NC(C)=C(C)C=C2[N+](=O)[O-])cc1. The zero-order valence-corrected chi connectivity index (χ0v) is 13.3. The van der Waals surface area contributed by atoms with E-state index in [0.717, 1.165) is 22.5 Å². The highest BCUT2D eigenvalue weighted by Gasteiger charge is 2.28. The Labute approximate surface area is 134 Å². The monoisotopic (exact) mass is 317 g/mol. The van der Waals surface area contributed by atoms with Crippen LogP contribution in [0, 0.1) is 10.1 Å². The molecule has 0 aliphatic carbocycles. The standard InChI is InChI=1S/C16H19N3O4/c1-10-8-15(19(21)22)16(17-11(10)2)18-14-6-4-13(5-7-14)9-23-12(3)20/h4-8,16-18H,9H2,1-3H3. The number of allylic oxidation sites excluding steroid dienone is 3. The number of dihydropyridines is 1. The van der Waals surface area contributed by atoms with E-state index < -0.39 is 11.1 Å². The van der Waals surface area contributed by atoms with Gasteiger partial charge in [0.1, 0.15) is 6.61 Å². The van der Waals surface area contributed by atoms with Gasteiger partial charge in [-0.1, -0.05) is 12.1 Å². The summed E-state index contributed by atoms with van der Waals surface area (Å²) in [4.78, 5) is 21.6. The van der Waals surface area contributed by atoms with Crippen molar-refractivity contribution in [1.82, 2.24) is 5.32 Å². The van der Waals surface area contributed by atoms with Gasteiger partial charge >= 0.3 is 5.97 Å². The topological polar surface area (TPSA) is 93.5 Å². The molecule has 122 valence electrons. The molecule has 1 aliphatic heterocycles. The Hall–Kier alpha value is -2.83. The van der Waals surface area contributed by atoms with Gasteiger partial charge < -0.3 is 15.4 Å². The van der Waals surface area contributed by atoms with Gasteiger partial charge in [-0.3, -0.25) is 14.9 Å². The number of benzene rings is 1. The van der Waals surface area contributed by atoms with Crippen LogP contribution in [0.2, 0.25) is 0 Å². The third-order valence-electron chi connectivity index (χ3n) is 3.53. The summed E-state index contributed by atoms with van der Waals surface area (Å²) in [7, 11) is 0. The van der Waals surface area contributed by atoms with Crippen molar-refractivity contribution in [1.29, 1.82) is 0 Å². The number of ether oxygens (including phenoxy) is 1. The molecule has 7 heteroatoms. The molecule has 0 saturated heterocycles. The zero-order valence-electron chi connectivity index (χ0n) is 13.3. The van der Waals surface area contributed by atoms with Gasteiger partial charge in [-0.05, 0) is 37.1 Å². The lowest BCUT2D eigenvalue weighted by Gasteiger charge is -2.24. The third-order valence-corrected chi connectivity index (χ3v) is 3.53. The first-order valence-electron chi connectivity index (χ1n) is 7.15. The van der Waals surface area contributed by atoms with Gasteiger partial charge in [-0.2, -0.15) is 0 Å². The number of nitrogens with zero attached hydrogens (tertiary/aromatic N) is 1. The van der Waals surface area contributed by atoms with E-state index in [-0.39, 0.29) is 18.3 Å². The number of carbonyl (C=O) groups excluding carboxylic acids is 1. The Kier molecular flexibility index (Phi) is 5.00. The summed E-state index contributed by atoms with van der Waals surface area (Å²) >= 11 is 0. The van der Waals surface area contributed by atoms with Gasteiger partial charge in [-0.25, -0.2) is 0 Å². The summed E-state index contributed by atoms with van der Waals surface area (Å²) in [5.74, 6) is -0.336. The minimum atomic E-state index is -0.604. The summed E-state index contributed by atoms with van der Waals surface area (Å²) in [5.41, 5.74) is 3.37. The van der Waals surface area contributed by atoms with E-state index in [1.54, 1.807) is 30.3 Å². The van der Waals surface area contributed by atoms with Crippen LogP contribution < -0.4 is 10.6 Å². The lowest BCUT2D eigenvalue weighted by atomic mass is 10.1. The van der Waals surface area contributed by atoms with Gasteiger partial charge in [0.2, 0.25) is 0 Å². The highest BCUT2D eigenvalue weighted by atomic mass is 16.6. The molecular formula is C16H19N3O4. The van der Waals surface area contributed by atoms with Crippen LogP contribution in [0.25, 0.3) is 0 Å². The van der Waals surface area contributed by atoms with Crippen molar-refractivity contribution < 1.29 is 14.5 Å². The molecule has 1 atom stereocenters. The van der Waals surface area contributed by atoms with E-state index in [0.29, 0.717) is 0 Å². The Morgan fingerprint density at radius 2 is 2.00 bits per heavy atom. The average molecular weight is 317 g/mol. The van der Waals surface area contributed by atoms with Crippen LogP contribution in [0.5, 0.6) is 0 Å². The van der Waals surface area contributed by atoms with E-state index in [1.807, 2.05) is 13.8 Å². The van der Waals surface area contributed by atoms with Crippen molar-refractivity contribution in [2.24, 2.45) is 0 Å². The van der Waals surface area contributed by atoms with Gasteiger partial charge in [0.25, 0.3) is 5.70 Å². The summed E-state index contributed by atoms with van der Waals surface area (Å²) in [6.45, 7) is 5.26. The van der Waals surface area contributed by atoms with Crippen LogP contribution in [0.15, 0.2) is 47.3 Å². The predicted octanol–water partition coefficient (Wildman–Crippen LogP) is 2.55. The molecule has 2 rings (SSSR count). The third kappa shape index (κ3) is 4.32. The minimum Gasteiger partial charge on any atom is -0.461 e. The Balaban J connectivity index is 2.08. The average Bonchev–Trinajstić information content (AvgIpc) is 2.49. The fourth-order valence-electron chi connectivity index (χ4n) is 2.13. The fourth-order valence-corrected chi connectivity index (χ4v) is 2.13. The lowest BCUT2D eigenvalue weighted by Crippen LogP contribution is -2.41. The molecule has 2 N–H and O–H groups in total. The molecule has 0 aromatic heterocycles. The molecule has 1 aromatic carbocycles. The fraction of sp³-hybridized carbons (Fsp3) is 0.312. The number of esters is 1. The van der Waals surface area contributed by atoms with Crippen molar-refractivity contribution in [2.45, 2.75) is 33.5 Å². The van der Waals surface area contributed by atoms with Crippen LogP contribution in [-0.4, -0.2) is 17.1 Å². The molecule has 1 aliphatic rings. The maximum absolute atomic E-state index is 11.2.